The first kappa shape index (κ1) is 21.4. The first-order valence-electron chi connectivity index (χ1n) is 7.40. The van der Waals surface area contributed by atoms with Crippen LogP contribution in [0.15, 0.2) is 18.2 Å². The minimum atomic E-state index is -0.270. The van der Waals surface area contributed by atoms with Gasteiger partial charge in [-0.3, -0.25) is 4.90 Å². The Morgan fingerprint density at radius 1 is 1.23 bits per heavy atom. The van der Waals surface area contributed by atoms with E-state index in [0.717, 1.165) is 38.2 Å². The van der Waals surface area contributed by atoms with E-state index in [-0.39, 0.29) is 36.7 Å². The number of methoxy groups -OCH3 is 1. The molecule has 1 aliphatic heterocycles. The maximum absolute atomic E-state index is 14.0. The lowest BCUT2D eigenvalue weighted by Gasteiger charge is -2.36. The zero-order chi connectivity index (χ0) is 14.5. The van der Waals surface area contributed by atoms with Crippen LogP contribution in [0, 0.1) is 11.7 Å². The molecule has 1 aliphatic rings. The molecule has 1 saturated heterocycles. The number of ether oxygens (including phenoxy) is 1. The molecule has 1 fully saturated rings. The fourth-order valence-corrected chi connectivity index (χ4v) is 2.83. The smallest absolute Gasteiger partial charge is 0.165 e. The van der Waals surface area contributed by atoms with E-state index in [1.165, 1.54) is 7.11 Å². The topological polar surface area (TPSA) is 24.5 Å². The summed E-state index contributed by atoms with van der Waals surface area (Å²) >= 11 is 0. The molecular weight excluding hydrogens is 326 g/mol. The number of rotatable bonds is 5. The van der Waals surface area contributed by atoms with Gasteiger partial charge >= 0.3 is 0 Å². The number of halogens is 3. The van der Waals surface area contributed by atoms with Gasteiger partial charge in [-0.1, -0.05) is 19.9 Å². The summed E-state index contributed by atoms with van der Waals surface area (Å²) in [7, 11) is 1.50. The quantitative estimate of drug-likeness (QED) is 0.874. The third kappa shape index (κ3) is 5.58. The largest absolute Gasteiger partial charge is 0.494 e. The second-order valence-corrected chi connectivity index (χ2v) is 5.83. The van der Waals surface area contributed by atoms with Crippen LogP contribution in [0.2, 0.25) is 0 Å². The fraction of sp³-hybridized carbons (Fsp3) is 0.625. The third-order valence-corrected chi connectivity index (χ3v) is 3.85. The van der Waals surface area contributed by atoms with E-state index in [0.29, 0.717) is 11.7 Å². The molecule has 0 amide bonds. The molecule has 1 N–H and O–H groups in total. The number of hydrogen-bond acceptors (Lipinski definition) is 3. The summed E-state index contributed by atoms with van der Waals surface area (Å²) in [6.07, 6.45) is 1.05. The molecule has 0 aromatic heterocycles. The Labute approximate surface area is 145 Å². The van der Waals surface area contributed by atoms with Gasteiger partial charge in [0.2, 0.25) is 0 Å². The van der Waals surface area contributed by atoms with Crippen molar-refractivity contribution < 1.29 is 9.13 Å². The predicted octanol–water partition coefficient (Wildman–Crippen LogP) is 3.67. The Bertz CT molecular complexity index is 440. The Hall–Kier alpha value is -0.550. The van der Waals surface area contributed by atoms with Crippen LogP contribution in [0.3, 0.4) is 0 Å². The van der Waals surface area contributed by atoms with Gasteiger partial charge in [0.25, 0.3) is 0 Å². The number of piperazine rings is 1. The van der Waals surface area contributed by atoms with Crippen molar-refractivity contribution in [3.05, 3.63) is 29.6 Å². The van der Waals surface area contributed by atoms with Gasteiger partial charge in [-0.25, -0.2) is 4.39 Å². The molecule has 128 valence electrons. The average Bonchev–Trinajstić information content (AvgIpc) is 2.45. The zero-order valence-electron chi connectivity index (χ0n) is 13.5. The van der Waals surface area contributed by atoms with E-state index in [9.17, 15) is 4.39 Å². The van der Waals surface area contributed by atoms with Crippen molar-refractivity contribution in [2.24, 2.45) is 5.92 Å². The average molecular weight is 353 g/mol. The highest BCUT2D eigenvalue weighted by Crippen LogP contribution is 2.30. The molecule has 0 aliphatic carbocycles. The second kappa shape index (κ2) is 10.3. The highest BCUT2D eigenvalue weighted by molar-refractivity contribution is 5.85. The molecule has 0 bridgehead atoms. The van der Waals surface area contributed by atoms with Gasteiger partial charge in [-0.15, -0.1) is 24.8 Å². The number of nitrogens with one attached hydrogen (secondary N) is 1. The molecule has 1 atom stereocenters. The van der Waals surface area contributed by atoms with Gasteiger partial charge in [0.05, 0.1) is 7.11 Å². The Balaban J connectivity index is 0.00000220. The summed E-state index contributed by atoms with van der Waals surface area (Å²) in [5.41, 5.74) is 1.05. The summed E-state index contributed by atoms with van der Waals surface area (Å²) in [6, 6.07) is 5.66. The molecule has 22 heavy (non-hydrogen) atoms. The van der Waals surface area contributed by atoms with E-state index in [1.54, 1.807) is 12.1 Å². The molecule has 0 unspecified atom stereocenters. The zero-order valence-corrected chi connectivity index (χ0v) is 15.1. The van der Waals surface area contributed by atoms with Crippen LogP contribution < -0.4 is 10.1 Å². The monoisotopic (exact) mass is 352 g/mol. The molecule has 2 rings (SSSR count). The molecule has 3 nitrogen and oxygen atoms in total. The lowest BCUT2D eigenvalue weighted by Crippen LogP contribution is -2.45. The Morgan fingerprint density at radius 2 is 1.86 bits per heavy atom. The number of nitrogens with zero attached hydrogens (tertiary/aromatic N) is 1. The fourth-order valence-electron chi connectivity index (χ4n) is 2.83. The van der Waals surface area contributed by atoms with Crippen molar-refractivity contribution in [2.75, 3.05) is 33.3 Å². The number of benzene rings is 1. The van der Waals surface area contributed by atoms with Gasteiger partial charge in [0.15, 0.2) is 11.6 Å². The van der Waals surface area contributed by atoms with E-state index in [1.807, 2.05) is 6.07 Å². The van der Waals surface area contributed by atoms with Crippen LogP contribution in [-0.4, -0.2) is 38.2 Å². The Morgan fingerprint density at radius 3 is 2.36 bits per heavy atom. The van der Waals surface area contributed by atoms with Gasteiger partial charge < -0.3 is 10.1 Å². The minimum Gasteiger partial charge on any atom is -0.494 e. The van der Waals surface area contributed by atoms with Gasteiger partial charge in [-0.2, -0.15) is 0 Å². The lowest BCUT2D eigenvalue weighted by atomic mass is 9.95. The van der Waals surface area contributed by atoms with E-state index < -0.39 is 0 Å². The second-order valence-electron chi connectivity index (χ2n) is 5.83. The van der Waals surface area contributed by atoms with Gasteiger partial charge in [0.1, 0.15) is 0 Å². The van der Waals surface area contributed by atoms with Gasteiger partial charge in [-0.05, 0) is 30.0 Å². The molecule has 0 spiro atoms. The van der Waals surface area contributed by atoms with Crippen molar-refractivity contribution in [1.82, 2.24) is 10.2 Å². The highest BCUT2D eigenvalue weighted by atomic mass is 35.5. The standard InChI is InChI=1S/C16H25FN2O.2ClH/c1-12(2)10-15(19-8-6-18-7-9-19)13-4-5-16(20-3)14(17)11-13;;/h4-5,11-12,15,18H,6-10H2,1-3H3;2*1H/t15-;;/m0../s1. The summed E-state index contributed by atoms with van der Waals surface area (Å²) < 4.78 is 19.0. The highest BCUT2D eigenvalue weighted by Gasteiger charge is 2.23. The van der Waals surface area contributed by atoms with Crippen LogP contribution in [0.1, 0.15) is 31.9 Å². The SMILES string of the molecule is COc1ccc([C@H](CC(C)C)N2CCNCC2)cc1F.Cl.Cl. The number of hydrogen-bond donors (Lipinski definition) is 1. The molecule has 1 heterocycles. The molecule has 1 aromatic carbocycles. The van der Waals surface area contributed by atoms with E-state index in [2.05, 4.69) is 24.1 Å². The third-order valence-electron chi connectivity index (χ3n) is 3.85. The molecule has 1 aromatic rings. The molecule has 6 heteroatoms. The van der Waals surface area contributed by atoms with E-state index >= 15 is 0 Å². The molecular formula is C16H27Cl2FN2O. The normalized spacial score (nSPS) is 16.6. The van der Waals surface area contributed by atoms with Crippen molar-refractivity contribution in [3.8, 4) is 5.75 Å². The summed E-state index contributed by atoms with van der Waals surface area (Å²) in [6.45, 7) is 8.49. The van der Waals surface area contributed by atoms with Crippen LogP contribution >= 0.6 is 24.8 Å². The van der Waals surface area contributed by atoms with Crippen molar-refractivity contribution in [3.63, 3.8) is 0 Å². The minimum absolute atomic E-state index is 0. The van der Waals surface area contributed by atoms with Crippen molar-refractivity contribution >= 4 is 24.8 Å². The first-order valence-corrected chi connectivity index (χ1v) is 7.40. The maximum atomic E-state index is 14.0. The summed E-state index contributed by atoms with van der Waals surface area (Å²) in [5.74, 6) is 0.631. The van der Waals surface area contributed by atoms with Crippen LogP contribution in [0.5, 0.6) is 5.75 Å². The molecule has 0 saturated carbocycles. The van der Waals surface area contributed by atoms with Crippen LogP contribution in [0.4, 0.5) is 4.39 Å². The van der Waals surface area contributed by atoms with Crippen molar-refractivity contribution in [1.29, 1.82) is 0 Å². The first-order chi connectivity index (χ1) is 9.61. The summed E-state index contributed by atoms with van der Waals surface area (Å²) in [4.78, 5) is 2.46. The van der Waals surface area contributed by atoms with E-state index in [4.69, 9.17) is 4.74 Å². The predicted molar refractivity (Wildman–Crippen MR) is 94.1 cm³/mol. The van der Waals surface area contributed by atoms with Crippen molar-refractivity contribution in [2.45, 2.75) is 26.3 Å². The summed E-state index contributed by atoms with van der Waals surface area (Å²) in [5, 5.41) is 3.37. The van der Waals surface area contributed by atoms with Crippen LogP contribution in [-0.2, 0) is 0 Å². The Kier molecular flexibility index (Phi) is 10.0. The van der Waals surface area contributed by atoms with Crippen LogP contribution in [0.25, 0.3) is 0 Å². The lowest BCUT2D eigenvalue weighted by molar-refractivity contribution is 0.153. The maximum Gasteiger partial charge on any atom is 0.165 e. The van der Waals surface area contributed by atoms with Gasteiger partial charge in [0, 0.05) is 32.2 Å². The molecule has 0 radical (unpaired) electrons.